The Bertz CT molecular complexity index is 2730. The fourth-order valence-electron chi connectivity index (χ4n) is 5.88. The van der Waals surface area contributed by atoms with Crippen LogP contribution in [0.25, 0.3) is 44.1 Å². The number of rotatable bonds is 11. The van der Waals surface area contributed by atoms with Crippen LogP contribution in [-0.2, 0) is 14.4 Å². The molecule has 3 aromatic carbocycles. The maximum Gasteiger partial charge on any atom is 3.00 e. The third-order valence-corrected chi connectivity index (χ3v) is 11.8. The molecule has 0 amide bonds. The number of Topliss-reactive ketones (excluding diaryl/α,β-unsaturated/α-hetero) is 6. The third kappa shape index (κ3) is 16.3. The van der Waals surface area contributed by atoms with Gasteiger partial charge in [0.2, 0.25) is 17.3 Å². The predicted molar refractivity (Wildman–Crippen MR) is 241 cm³/mol. The first-order valence-electron chi connectivity index (χ1n) is 19.4. The smallest absolute Gasteiger partial charge is 0.293 e. The van der Waals surface area contributed by atoms with Gasteiger partial charge in [0.25, 0.3) is 0 Å². The van der Waals surface area contributed by atoms with Crippen molar-refractivity contribution in [2.24, 2.45) is 0 Å². The summed E-state index contributed by atoms with van der Waals surface area (Å²) in [6, 6.07) is 38.1. The predicted octanol–water partition coefficient (Wildman–Crippen LogP) is 13.5. The van der Waals surface area contributed by atoms with Crippen LogP contribution in [-0.4, -0.2) is 63.2 Å². The van der Waals surface area contributed by atoms with E-state index in [1.807, 2.05) is 24.5 Å². The maximum absolute atomic E-state index is 11.8. The van der Waals surface area contributed by atoms with Gasteiger partial charge in [-0.15, -0.1) is 34.0 Å². The Kier molecular flexibility index (Phi) is 20.7. The summed E-state index contributed by atoms with van der Waals surface area (Å²) in [5.74, 6) is -8.38. The van der Waals surface area contributed by atoms with Crippen LogP contribution in [0.1, 0.15) is 48.3 Å². The van der Waals surface area contributed by atoms with E-state index in [0.717, 1.165) is 55.8 Å². The molecule has 69 heavy (non-hydrogen) atoms. The normalized spacial score (nSPS) is 11.1. The molecule has 8 aromatic rings. The molecule has 0 aliphatic rings. The first-order valence-corrected chi connectivity index (χ1v) is 22.1. The molecule has 0 spiro atoms. The minimum atomic E-state index is -4.92. The van der Waals surface area contributed by atoms with E-state index in [1.165, 1.54) is 58.7 Å². The van der Waals surface area contributed by atoms with E-state index < -0.39 is 72.5 Å². The number of fused-ring (bicyclic) bond motifs is 3. The summed E-state index contributed by atoms with van der Waals surface area (Å²) in [7, 11) is 0. The van der Waals surface area contributed by atoms with Crippen molar-refractivity contribution in [1.82, 2.24) is 9.97 Å². The molecular weight excluding hydrogens is 1120 g/mol. The number of thiophene rings is 3. The summed E-state index contributed by atoms with van der Waals surface area (Å²) in [6.07, 6.45) is -14.3. The molecule has 0 aliphatic carbocycles. The van der Waals surface area contributed by atoms with Gasteiger partial charge >= 0.3 is 67.9 Å². The Balaban J connectivity index is 0.000000210. The second kappa shape index (κ2) is 25.4. The molecule has 8 rings (SSSR count). The number of pyridine rings is 2. The summed E-state index contributed by atoms with van der Waals surface area (Å²) in [5, 5.41) is 6.94. The third-order valence-electron chi connectivity index (χ3n) is 9.09. The standard InChI is InChI=1S/C24H16N2.3C8H5F3O2S.Eu/c1-3-7-17(8-4-1)19-13-15-25-23-21(19)11-12-22-20(14-16-26-24(22)23)18-9-5-2-6-10-18;3*9-8(10,11)7(13)4-5(12)6-2-1-3-14-6;/h1-16H;3*1-3H,4H2;/q;;;;+3. The molecule has 0 N–H and O–H groups in total. The van der Waals surface area contributed by atoms with Crippen molar-refractivity contribution < 1.29 is 118 Å². The second-order valence-electron chi connectivity index (χ2n) is 13.8. The monoisotopic (exact) mass is 1150 g/mol. The number of hydrogen-bond acceptors (Lipinski definition) is 11. The van der Waals surface area contributed by atoms with Gasteiger partial charge in [0.1, 0.15) is 0 Å². The van der Waals surface area contributed by atoms with Gasteiger partial charge in [-0.05, 0) is 68.7 Å². The molecule has 0 unspecified atom stereocenters. The zero-order valence-corrected chi connectivity index (χ0v) is 39.8. The topological polar surface area (TPSA) is 128 Å². The second-order valence-corrected chi connectivity index (χ2v) is 16.6. The molecule has 354 valence electrons. The molecule has 5 aromatic heterocycles. The van der Waals surface area contributed by atoms with E-state index in [9.17, 15) is 68.3 Å². The van der Waals surface area contributed by atoms with Crippen LogP contribution in [0.4, 0.5) is 39.5 Å². The largest absolute Gasteiger partial charge is 3.00 e. The van der Waals surface area contributed by atoms with E-state index in [1.54, 1.807) is 16.1 Å². The van der Waals surface area contributed by atoms with Crippen LogP contribution < -0.4 is 0 Å². The van der Waals surface area contributed by atoms with Crippen molar-refractivity contribution in [2.75, 3.05) is 0 Å². The summed E-state index contributed by atoms with van der Waals surface area (Å²) in [6.45, 7) is 0. The SMILES string of the molecule is O=C(CC(=O)C(F)(F)F)c1cccs1.O=C(CC(=O)C(F)(F)F)c1cccs1.O=C(CC(=O)C(F)(F)F)c1cccs1.[Eu+3].c1ccc(-c2ccnc3c2ccc2c(-c4ccccc4)ccnc23)cc1. The minimum Gasteiger partial charge on any atom is -0.293 e. The number of ketones is 6. The summed E-state index contributed by atoms with van der Waals surface area (Å²) >= 11 is 3.04. The van der Waals surface area contributed by atoms with Crippen molar-refractivity contribution in [2.45, 2.75) is 37.8 Å². The van der Waals surface area contributed by atoms with Crippen LogP contribution in [0.3, 0.4) is 0 Å². The van der Waals surface area contributed by atoms with Gasteiger partial charge in [-0.1, -0.05) is 91.0 Å². The number of halogens is 9. The maximum atomic E-state index is 11.8. The molecular formula is C48H31EuF9N2O6S3+3. The molecule has 0 bridgehead atoms. The summed E-state index contributed by atoms with van der Waals surface area (Å²) in [4.78, 5) is 74.3. The van der Waals surface area contributed by atoms with Gasteiger partial charge < -0.3 is 0 Å². The molecule has 0 aliphatic heterocycles. The average Bonchev–Trinajstić information content (AvgIpc) is 4.15. The Labute approximate surface area is 438 Å². The number of nitrogens with zero attached hydrogens (tertiary/aromatic N) is 2. The van der Waals surface area contributed by atoms with E-state index in [-0.39, 0.29) is 64.0 Å². The van der Waals surface area contributed by atoms with Crippen molar-refractivity contribution in [3.8, 4) is 22.3 Å². The average molecular weight is 1150 g/mol. The molecule has 0 radical (unpaired) electrons. The van der Waals surface area contributed by atoms with Crippen molar-refractivity contribution in [3.05, 3.63) is 164 Å². The minimum absolute atomic E-state index is 0. The number of aromatic nitrogens is 2. The van der Waals surface area contributed by atoms with Gasteiger partial charge in [-0.2, -0.15) is 39.5 Å². The van der Waals surface area contributed by atoms with Gasteiger partial charge in [-0.25, -0.2) is 0 Å². The first kappa shape index (κ1) is 56.1. The van der Waals surface area contributed by atoms with E-state index in [0.29, 0.717) is 0 Å². The van der Waals surface area contributed by atoms with Crippen LogP contribution >= 0.6 is 34.0 Å². The Morgan fingerprint density at radius 3 is 0.928 bits per heavy atom. The molecule has 0 atom stereocenters. The van der Waals surface area contributed by atoms with Crippen molar-refractivity contribution in [1.29, 1.82) is 0 Å². The van der Waals surface area contributed by atoms with Crippen molar-refractivity contribution in [3.63, 3.8) is 0 Å². The molecule has 0 saturated carbocycles. The van der Waals surface area contributed by atoms with Crippen LogP contribution in [0.5, 0.6) is 0 Å². The van der Waals surface area contributed by atoms with E-state index in [4.69, 9.17) is 0 Å². The zero-order valence-electron chi connectivity index (χ0n) is 34.9. The van der Waals surface area contributed by atoms with Gasteiger partial charge in [0.05, 0.1) is 44.9 Å². The van der Waals surface area contributed by atoms with Gasteiger partial charge in [0, 0.05) is 23.2 Å². The number of alkyl halides is 9. The first-order chi connectivity index (χ1) is 32.1. The van der Waals surface area contributed by atoms with Gasteiger partial charge in [0.15, 0.2) is 17.3 Å². The summed E-state index contributed by atoms with van der Waals surface area (Å²) in [5.41, 5.74) is 6.65. The van der Waals surface area contributed by atoms with Crippen LogP contribution in [0.2, 0.25) is 0 Å². The zero-order chi connectivity index (χ0) is 49.6. The Morgan fingerprint density at radius 1 is 0.391 bits per heavy atom. The number of benzene rings is 3. The quantitative estimate of drug-likeness (QED) is 0.0542. The van der Waals surface area contributed by atoms with E-state index in [2.05, 4.69) is 82.8 Å². The fourth-order valence-corrected chi connectivity index (χ4v) is 7.87. The summed E-state index contributed by atoms with van der Waals surface area (Å²) < 4.78 is 106. The fraction of sp³-hybridized carbons (Fsp3) is 0.125. The van der Waals surface area contributed by atoms with Crippen LogP contribution in [0.15, 0.2) is 150 Å². The molecule has 0 saturated heterocycles. The number of carbonyl (C=O) groups excluding carboxylic acids is 6. The molecule has 0 fully saturated rings. The molecule has 8 nitrogen and oxygen atoms in total. The van der Waals surface area contributed by atoms with E-state index >= 15 is 0 Å². The number of hydrogen-bond donors (Lipinski definition) is 0. The van der Waals surface area contributed by atoms with Gasteiger partial charge in [-0.3, -0.25) is 38.7 Å². The molecule has 5 heterocycles. The Hall–Kier alpha value is -5.45. The van der Waals surface area contributed by atoms with Crippen LogP contribution in [0, 0.1) is 49.4 Å². The Morgan fingerprint density at radius 2 is 0.681 bits per heavy atom. The van der Waals surface area contributed by atoms with Crippen molar-refractivity contribution >= 4 is 90.5 Å². The number of carbonyl (C=O) groups is 6. The molecule has 21 heteroatoms.